The van der Waals surface area contributed by atoms with Crippen LogP contribution in [0, 0.1) is 0 Å². The van der Waals surface area contributed by atoms with Gasteiger partial charge in [-0.15, -0.1) is 5.75 Å². The second kappa shape index (κ2) is 10.8. The predicted molar refractivity (Wildman–Crippen MR) is 69.7 cm³/mol. The maximum atomic E-state index is 10.7. The maximum Gasteiger partial charge on any atom is 3.00 e. The van der Waals surface area contributed by atoms with Gasteiger partial charge in [0.2, 0.25) is 0 Å². The second-order valence-electron chi connectivity index (χ2n) is 3.48. The molecule has 0 aliphatic rings. The van der Waals surface area contributed by atoms with Gasteiger partial charge in [-0.1, -0.05) is 12.1 Å². The zero-order valence-electron chi connectivity index (χ0n) is 12.2. The minimum Gasteiger partial charge on any atom is -0.872 e. The molecular weight excluding hydrogens is 441 g/mol. The molecule has 1 aromatic carbocycles. The molecule has 17 heteroatoms. The topological polar surface area (TPSA) is 147 Å². The molecule has 0 N–H and O–H groups in total. The largest absolute Gasteiger partial charge is 3.00 e. The molecule has 0 bridgehead atoms. The summed E-state index contributed by atoms with van der Waals surface area (Å²) >= 11 is 0. The van der Waals surface area contributed by atoms with Crippen molar-refractivity contribution in [2.24, 2.45) is 0 Å². The minimum absolute atomic E-state index is 0. The number of hydrogen-bond acceptors (Lipinski definition) is 8. The van der Waals surface area contributed by atoms with E-state index >= 15 is 0 Å². The Kier molecular flexibility index (Phi) is 12.3. The fraction of sp³-hybridized carbons (Fsp3) is 0.333. The first-order chi connectivity index (χ1) is 10.8. The number of ether oxygens (including phenoxy) is 1. The van der Waals surface area contributed by atoms with E-state index < -0.39 is 31.3 Å². The van der Waals surface area contributed by atoms with Gasteiger partial charge in [-0.2, -0.15) is 26.3 Å². The molecule has 1 aromatic rings. The summed E-state index contributed by atoms with van der Waals surface area (Å²) in [5.41, 5.74) is -11.3. The zero-order valence-corrected chi connectivity index (χ0v) is 15.0. The van der Waals surface area contributed by atoms with E-state index in [-0.39, 0.29) is 23.1 Å². The molecule has 0 saturated carbocycles. The van der Waals surface area contributed by atoms with Crippen molar-refractivity contribution in [3.8, 4) is 11.5 Å². The summed E-state index contributed by atoms with van der Waals surface area (Å²) in [6.45, 7) is 0. The van der Waals surface area contributed by atoms with Gasteiger partial charge in [0, 0.05) is 0 Å². The van der Waals surface area contributed by atoms with Crippen molar-refractivity contribution in [2.75, 3.05) is 7.11 Å². The third-order valence-electron chi connectivity index (χ3n) is 1.61. The Morgan fingerprint density at radius 2 is 1.19 bits per heavy atom. The van der Waals surface area contributed by atoms with Gasteiger partial charge >= 0.3 is 28.4 Å². The van der Waals surface area contributed by atoms with Gasteiger partial charge in [-0.05, 0) is 12.1 Å². The molecule has 0 radical (unpaired) electrons. The van der Waals surface area contributed by atoms with Crippen molar-refractivity contribution < 1.29 is 62.1 Å². The molecule has 0 heterocycles. The van der Waals surface area contributed by atoms with Crippen molar-refractivity contribution in [3.63, 3.8) is 0 Å². The summed E-state index contributed by atoms with van der Waals surface area (Å²) in [5.74, 6) is 0.594. The van der Waals surface area contributed by atoms with Crippen molar-refractivity contribution >= 4 is 37.6 Å². The predicted octanol–water partition coefficient (Wildman–Crippen LogP) is 0.491. The van der Waals surface area contributed by atoms with Crippen LogP contribution < -0.4 is 9.84 Å². The van der Waals surface area contributed by atoms with Gasteiger partial charge in [0.25, 0.3) is 0 Å². The summed E-state index contributed by atoms with van der Waals surface area (Å²) in [4.78, 5) is 0. The van der Waals surface area contributed by atoms with Crippen LogP contribution in [-0.2, 0) is 20.2 Å². The van der Waals surface area contributed by atoms with Crippen molar-refractivity contribution in [1.82, 2.24) is 0 Å². The molecule has 0 saturated heterocycles. The van der Waals surface area contributed by atoms with Crippen molar-refractivity contribution in [1.29, 1.82) is 0 Å². The van der Waals surface area contributed by atoms with Gasteiger partial charge in [-0.3, -0.25) is 0 Å². The minimum atomic E-state index is -6.09. The molecule has 148 valence electrons. The SMILES string of the molecule is COc1cccc([O-])c1.O=S(=O)([O-])C(F)(F)F.O=S(=O)([O-])C(F)(F)F.[Al+3]. The first-order valence-corrected chi connectivity index (χ1v) is 8.00. The fourth-order valence-corrected chi connectivity index (χ4v) is 0.601. The van der Waals surface area contributed by atoms with Crippen LogP contribution in [-0.4, -0.2) is 61.4 Å². The van der Waals surface area contributed by atoms with Crippen LogP contribution in [0.3, 0.4) is 0 Å². The summed E-state index contributed by atoms with van der Waals surface area (Å²) < 4.78 is 123. The monoisotopic (exact) mass is 448 g/mol. The Balaban J connectivity index is -0.000000301. The van der Waals surface area contributed by atoms with Crippen LogP contribution in [0.25, 0.3) is 0 Å². The summed E-state index contributed by atoms with van der Waals surface area (Å²) in [6, 6.07) is 6.34. The number of hydrogen-bond donors (Lipinski definition) is 0. The molecule has 0 fully saturated rings. The normalized spacial score (nSPS) is 11.7. The van der Waals surface area contributed by atoms with Gasteiger partial charge in [-0.25, -0.2) is 16.8 Å². The number of benzene rings is 1. The van der Waals surface area contributed by atoms with Crippen molar-refractivity contribution in [3.05, 3.63) is 24.3 Å². The van der Waals surface area contributed by atoms with Crippen LogP contribution in [0.5, 0.6) is 11.5 Å². The molecule has 0 spiro atoms. The van der Waals surface area contributed by atoms with Crippen molar-refractivity contribution in [2.45, 2.75) is 11.0 Å². The van der Waals surface area contributed by atoms with Crippen LogP contribution in [0.2, 0.25) is 0 Å². The molecule has 8 nitrogen and oxygen atoms in total. The Bertz CT molecular complexity index is 702. The average molecular weight is 448 g/mol. The van der Waals surface area contributed by atoms with E-state index in [9.17, 15) is 31.4 Å². The zero-order chi connectivity index (χ0) is 20.7. The molecule has 0 aliphatic carbocycles. The summed E-state index contributed by atoms with van der Waals surface area (Å²) in [6.07, 6.45) is 0. The number of rotatable bonds is 1. The first kappa shape index (κ1) is 29.5. The van der Waals surface area contributed by atoms with Crippen LogP contribution in [0.4, 0.5) is 26.3 Å². The average Bonchev–Trinajstić information content (AvgIpc) is 2.35. The third kappa shape index (κ3) is 13.0. The van der Waals surface area contributed by atoms with Gasteiger partial charge in [0.15, 0.2) is 20.2 Å². The smallest absolute Gasteiger partial charge is 0.872 e. The molecule has 1 rings (SSSR count). The molecule has 0 aliphatic heterocycles. The standard InChI is InChI=1S/C7H8O2.2CHF3O3S.Al/c1-9-7-4-2-3-6(8)5-7;2*2-1(3,4)8(5,6)7;/h2-5,8H,1H3;2*(H,5,6,7);/q;;;+3/p-3. The fourth-order valence-electron chi connectivity index (χ4n) is 0.601. The maximum absolute atomic E-state index is 10.7. The van der Waals surface area contributed by atoms with Crippen LogP contribution in [0.1, 0.15) is 0 Å². The molecular formula is C9H7AlF6O8S2. The molecule has 0 unspecified atom stereocenters. The van der Waals surface area contributed by atoms with E-state index in [1.807, 2.05) is 0 Å². The van der Waals surface area contributed by atoms with E-state index in [1.54, 1.807) is 12.1 Å². The molecule has 0 aromatic heterocycles. The first-order valence-electron chi connectivity index (χ1n) is 5.18. The third-order valence-corrected chi connectivity index (χ3v) is 2.74. The summed E-state index contributed by atoms with van der Waals surface area (Å²) in [7, 11) is -10.6. The van der Waals surface area contributed by atoms with Crippen LogP contribution in [0.15, 0.2) is 24.3 Å². The number of methoxy groups -OCH3 is 1. The quantitative estimate of drug-likeness (QED) is 0.261. The van der Waals surface area contributed by atoms with E-state index in [2.05, 4.69) is 0 Å². The van der Waals surface area contributed by atoms with E-state index in [1.165, 1.54) is 19.2 Å². The molecule has 0 atom stereocenters. The van der Waals surface area contributed by atoms with E-state index in [4.69, 9.17) is 30.7 Å². The second-order valence-corrected chi connectivity index (χ2v) is 6.22. The summed E-state index contributed by atoms with van der Waals surface area (Å²) in [5, 5.41) is 10.6. The van der Waals surface area contributed by atoms with Gasteiger partial charge in [0.1, 0.15) is 5.75 Å². The Morgan fingerprint density at radius 1 is 0.885 bits per heavy atom. The molecule has 0 amide bonds. The number of alkyl halides is 6. The van der Waals surface area contributed by atoms with Crippen LogP contribution >= 0.6 is 0 Å². The Morgan fingerprint density at radius 3 is 1.35 bits per heavy atom. The molecule has 26 heavy (non-hydrogen) atoms. The Labute approximate surface area is 154 Å². The van der Waals surface area contributed by atoms with Gasteiger partial charge < -0.3 is 18.9 Å². The van der Waals surface area contributed by atoms with Gasteiger partial charge in [0.05, 0.1) is 7.11 Å². The Hall–Kier alpha value is -1.25. The van der Waals surface area contributed by atoms with E-state index in [0.29, 0.717) is 5.75 Å². The number of halogens is 6. The van der Waals surface area contributed by atoms with E-state index in [0.717, 1.165) is 0 Å².